The molecule has 0 spiro atoms. The number of aromatic nitrogens is 2. The first-order chi connectivity index (χ1) is 14.6. The molecule has 0 unspecified atom stereocenters. The van der Waals surface area contributed by atoms with Crippen LogP contribution in [0.25, 0.3) is 0 Å². The number of methoxy groups -OCH3 is 1. The number of anilines is 1. The fourth-order valence-corrected chi connectivity index (χ4v) is 3.09. The molecule has 0 saturated heterocycles. The van der Waals surface area contributed by atoms with Crippen molar-refractivity contribution in [2.24, 2.45) is 0 Å². The Kier molecular flexibility index (Phi) is 7.45. The molecule has 1 amide bonds. The normalized spacial score (nSPS) is 10.5. The second kappa shape index (κ2) is 10.4. The lowest BCUT2D eigenvalue weighted by molar-refractivity contribution is -0.113. The van der Waals surface area contributed by atoms with Crippen molar-refractivity contribution in [2.45, 2.75) is 18.6 Å². The molecule has 156 valence electrons. The van der Waals surface area contributed by atoms with Crippen LogP contribution in [0.1, 0.15) is 28.7 Å². The van der Waals surface area contributed by atoms with Gasteiger partial charge in [0.15, 0.2) is 0 Å². The van der Waals surface area contributed by atoms with Crippen LogP contribution < -0.4 is 10.1 Å². The van der Waals surface area contributed by atoms with Crippen molar-refractivity contribution in [2.75, 3.05) is 24.8 Å². The number of nitrogens with one attached hydrogen (secondary N) is 1. The SMILES string of the molecule is CCOC(=O)c1ccc(NC(=O)CSc2nnc(Cc3ccc(OC)cc3)o2)cc1. The molecular formula is C21H21N3O5S. The number of amides is 1. The van der Waals surface area contributed by atoms with Crippen LogP contribution in [-0.2, 0) is 16.0 Å². The highest BCUT2D eigenvalue weighted by molar-refractivity contribution is 7.99. The number of carbonyl (C=O) groups is 2. The van der Waals surface area contributed by atoms with E-state index in [1.165, 1.54) is 0 Å². The molecule has 1 aromatic heterocycles. The van der Waals surface area contributed by atoms with Crippen LogP contribution in [0.4, 0.5) is 5.69 Å². The fraction of sp³-hybridized carbons (Fsp3) is 0.238. The quantitative estimate of drug-likeness (QED) is 0.408. The van der Waals surface area contributed by atoms with Gasteiger partial charge in [-0.15, -0.1) is 10.2 Å². The largest absolute Gasteiger partial charge is 0.497 e. The van der Waals surface area contributed by atoms with Crippen LogP contribution >= 0.6 is 11.8 Å². The Morgan fingerprint density at radius 3 is 2.47 bits per heavy atom. The van der Waals surface area contributed by atoms with Crippen LogP contribution in [0.2, 0.25) is 0 Å². The standard InChI is InChI=1S/C21H21N3O5S/c1-3-28-20(26)15-6-8-16(9-7-15)22-18(25)13-30-21-24-23-19(29-21)12-14-4-10-17(27-2)11-5-14/h4-11H,3,12-13H2,1-2H3,(H,22,25). The Hall–Kier alpha value is -3.33. The van der Waals surface area contributed by atoms with E-state index in [-0.39, 0.29) is 11.7 Å². The van der Waals surface area contributed by atoms with E-state index in [1.807, 2.05) is 24.3 Å². The van der Waals surface area contributed by atoms with Crippen LogP contribution in [0.15, 0.2) is 58.2 Å². The number of esters is 1. The zero-order chi connectivity index (χ0) is 21.3. The van der Waals surface area contributed by atoms with Gasteiger partial charge in [0.05, 0.1) is 31.5 Å². The molecule has 1 N–H and O–H groups in total. The van der Waals surface area contributed by atoms with Gasteiger partial charge in [-0.25, -0.2) is 4.79 Å². The molecule has 0 bridgehead atoms. The van der Waals surface area contributed by atoms with E-state index in [9.17, 15) is 9.59 Å². The minimum atomic E-state index is -0.396. The summed E-state index contributed by atoms with van der Waals surface area (Å²) in [5.41, 5.74) is 2.03. The summed E-state index contributed by atoms with van der Waals surface area (Å²) in [6.07, 6.45) is 0.497. The van der Waals surface area contributed by atoms with E-state index in [0.717, 1.165) is 23.1 Å². The highest BCUT2D eigenvalue weighted by atomic mass is 32.2. The minimum Gasteiger partial charge on any atom is -0.497 e. The smallest absolute Gasteiger partial charge is 0.338 e. The lowest BCUT2D eigenvalue weighted by atomic mass is 10.1. The summed E-state index contributed by atoms with van der Waals surface area (Å²) in [5.74, 6) is 0.746. The Bertz CT molecular complexity index is 987. The number of carbonyl (C=O) groups excluding carboxylic acids is 2. The zero-order valence-electron chi connectivity index (χ0n) is 16.6. The summed E-state index contributed by atoms with van der Waals surface area (Å²) in [6, 6.07) is 14.1. The number of hydrogen-bond donors (Lipinski definition) is 1. The lowest BCUT2D eigenvalue weighted by Crippen LogP contribution is -2.14. The van der Waals surface area contributed by atoms with E-state index >= 15 is 0 Å². The summed E-state index contributed by atoms with van der Waals surface area (Å²) in [7, 11) is 1.62. The Labute approximate surface area is 178 Å². The van der Waals surface area contributed by atoms with Gasteiger partial charge in [0, 0.05) is 5.69 Å². The van der Waals surface area contributed by atoms with Gasteiger partial charge in [0.2, 0.25) is 11.8 Å². The average Bonchev–Trinajstić information content (AvgIpc) is 3.21. The second-order valence-electron chi connectivity index (χ2n) is 6.12. The molecule has 9 heteroatoms. The maximum absolute atomic E-state index is 12.1. The van der Waals surface area contributed by atoms with Crippen molar-refractivity contribution >= 4 is 29.3 Å². The Morgan fingerprint density at radius 1 is 1.07 bits per heavy atom. The van der Waals surface area contributed by atoms with Crippen LogP contribution in [0.3, 0.4) is 0 Å². The molecule has 0 fully saturated rings. The number of hydrogen-bond acceptors (Lipinski definition) is 8. The molecule has 3 rings (SSSR count). The summed E-state index contributed by atoms with van der Waals surface area (Å²) in [5, 5.41) is 11.1. The lowest BCUT2D eigenvalue weighted by Gasteiger charge is -2.05. The van der Waals surface area contributed by atoms with E-state index < -0.39 is 5.97 Å². The first-order valence-corrected chi connectivity index (χ1v) is 10.2. The average molecular weight is 427 g/mol. The van der Waals surface area contributed by atoms with Gasteiger partial charge in [-0.1, -0.05) is 23.9 Å². The maximum Gasteiger partial charge on any atom is 0.338 e. The molecule has 0 aliphatic heterocycles. The first-order valence-electron chi connectivity index (χ1n) is 9.22. The Morgan fingerprint density at radius 2 is 1.80 bits per heavy atom. The van der Waals surface area contributed by atoms with Gasteiger partial charge in [-0.3, -0.25) is 4.79 Å². The first kappa shape index (κ1) is 21.4. The third kappa shape index (κ3) is 6.08. The topological polar surface area (TPSA) is 104 Å². The zero-order valence-corrected chi connectivity index (χ0v) is 17.4. The van der Waals surface area contributed by atoms with Crippen molar-refractivity contribution in [3.8, 4) is 5.75 Å². The molecule has 0 aliphatic carbocycles. The van der Waals surface area contributed by atoms with Crippen LogP contribution in [0, 0.1) is 0 Å². The van der Waals surface area contributed by atoms with E-state index in [0.29, 0.717) is 35.4 Å². The minimum absolute atomic E-state index is 0.115. The van der Waals surface area contributed by atoms with Crippen molar-refractivity contribution in [3.63, 3.8) is 0 Å². The van der Waals surface area contributed by atoms with Crippen LogP contribution in [-0.4, -0.2) is 41.5 Å². The van der Waals surface area contributed by atoms with Gasteiger partial charge >= 0.3 is 5.97 Å². The monoisotopic (exact) mass is 427 g/mol. The van der Waals surface area contributed by atoms with Crippen molar-refractivity contribution in [1.82, 2.24) is 10.2 Å². The molecule has 8 nitrogen and oxygen atoms in total. The van der Waals surface area contributed by atoms with Crippen molar-refractivity contribution in [3.05, 3.63) is 65.5 Å². The molecule has 0 saturated carbocycles. The summed E-state index contributed by atoms with van der Waals surface area (Å²) in [6.45, 7) is 2.06. The van der Waals surface area contributed by atoms with Crippen molar-refractivity contribution < 1.29 is 23.5 Å². The van der Waals surface area contributed by atoms with Gasteiger partial charge in [0.1, 0.15) is 5.75 Å². The second-order valence-corrected chi connectivity index (χ2v) is 7.05. The predicted molar refractivity (Wildman–Crippen MR) is 112 cm³/mol. The summed E-state index contributed by atoms with van der Waals surface area (Å²) >= 11 is 1.15. The molecule has 1 heterocycles. The molecule has 0 radical (unpaired) electrons. The molecule has 0 aliphatic rings. The highest BCUT2D eigenvalue weighted by Gasteiger charge is 2.11. The Balaban J connectivity index is 1.47. The number of nitrogens with zero attached hydrogens (tertiary/aromatic N) is 2. The molecular weight excluding hydrogens is 406 g/mol. The van der Waals surface area contributed by atoms with Gasteiger partial charge in [-0.05, 0) is 48.9 Å². The number of benzene rings is 2. The number of rotatable bonds is 9. The summed E-state index contributed by atoms with van der Waals surface area (Å²) in [4.78, 5) is 23.8. The summed E-state index contributed by atoms with van der Waals surface area (Å²) < 4.78 is 15.6. The highest BCUT2D eigenvalue weighted by Crippen LogP contribution is 2.19. The maximum atomic E-state index is 12.1. The predicted octanol–water partition coefficient (Wildman–Crippen LogP) is 3.58. The fourth-order valence-electron chi connectivity index (χ4n) is 2.51. The van der Waals surface area contributed by atoms with Gasteiger partial charge < -0.3 is 19.2 Å². The number of thioether (sulfide) groups is 1. The third-order valence-electron chi connectivity index (χ3n) is 3.97. The van der Waals surface area contributed by atoms with Crippen LogP contribution in [0.5, 0.6) is 5.75 Å². The van der Waals surface area contributed by atoms with Crippen molar-refractivity contribution in [1.29, 1.82) is 0 Å². The van der Waals surface area contributed by atoms with E-state index in [2.05, 4.69) is 15.5 Å². The van der Waals surface area contributed by atoms with Gasteiger partial charge in [0.25, 0.3) is 5.22 Å². The number of ether oxygens (including phenoxy) is 2. The van der Waals surface area contributed by atoms with E-state index in [4.69, 9.17) is 13.9 Å². The molecule has 30 heavy (non-hydrogen) atoms. The third-order valence-corrected chi connectivity index (χ3v) is 4.79. The molecule has 2 aromatic carbocycles. The molecule has 0 atom stereocenters. The van der Waals surface area contributed by atoms with E-state index in [1.54, 1.807) is 38.3 Å². The molecule has 3 aromatic rings. The van der Waals surface area contributed by atoms with Gasteiger partial charge in [-0.2, -0.15) is 0 Å².